The number of carbonyl (C=O) groups is 1. The summed E-state index contributed by atoms with van der Waals surface area (Å²) in [6, 6.07) is 0. The van der Waals surface area contributed by atoms with Gasteiger partial charge in [-0.3, -0.25) is 0 Å². The Morgan fingerprint density at radius 2 is 2.20 bits per heavy atom. The Hall–Kier alpha value is -1.40. The number of hydrogen-bond donors (Lipinski definition) is 0. The minimum absolute atomic E-state index is 0.226. The molecule has 1 unspecified atom stereocenters. The topological polar surface area (TPSA) is 55.3 Å². The Bertz CT molecular complexity index is 790. The minimum atomic E-state index is -0.289. The maximum absolute atomic E-state index is 12.5. The Balaban J connectivity index is 2.02. The van der Waals surface area contributed by atoms with Gasteiger partial charge in [0.25, 0.3) is 0 Å². The van der Waals surface area contributed by atoms with Gasteiger partial charge >= 0.3 is 5.97 Å². The van der Waals surface area contributed by atoms with Gasteiger partial charge in [0, 0.05) is 13.1 Å². The first-order valence-electron chi connectivity index (χ1n) is 8.75. The van der Waals surface area contributed by atoms with Crippen LogP contribution >= 0.6 is 22.9 Å². The van der Waals surface area contributed by atoms with E-state index in [9.17, 15) is 4.79 Å². The van der Waals surface area contributed by atoms with Crippen molar-refractivity contribution in [2.75, 3.05) is 24.6 Å². The molecule has 0 amide bonds. The van der Waals surface area contributed by atoms with Crippen LogP contribution in [0, 0.1) is 18.8 Å². The number of esters is 1. The molecule has 1 aliphatic heterocycles. The van der Waals surface area contributed by atoms with Gasteiger partial charge in [-0.05, 0) is 48.8 Å². The van der Waals surface area contributed by atoms with Gasteiger partial charge in [-0.15, -0.1) is 11.3 Å². The van der Waals surface area contributed by atoms with E-state index in [2.05, 4.69) is 21.8 Å². The van der Waals surface area contributed by atoms with Crippen LogP contribution in [0.25, 0.3) is 10.2 Å². The molecule has 3 rings (SSSR count). The summed E-state index contributed by atoms with van der Waals surface area (Å²) in [6.07, 6.45) is 2.37. The number of fused-ring (bicyclic) bond motifs is 1. The first kappa shape index (κ1) is 18.4. The average Bonchev–Trinajstić information content (AvgIpc) is 2.88. The van der Waals surface area contributed by atoms with E-state index in [0.29, 0.717) is 23.3 Å². The lowest BCUT2D eigenvalue weighted by atomic mass is 10.00. The fraction of sp³-hybridized carbons (Fsp3) is 0.611. The first-order chi connectivity index (χ1) is 11.9. The summed E-state index contributed by atoms with van der Waals surface area (Å²) in [5.41, 5.74) is 0.888. The van der Waals surface area contributed by atoms with Crippen LogP contribution in [0.1, 0.15) is 48.8 Å². The van der Waals surface area contributed by atoms with Crippen LogP contribution in [0.2, 0.25) is 5.28 Å². The standard InChI is InChI=1S/C18H24ClN3O2S/c1-10(2)9-24-17(23)14-12(4)13-15(20-18(19)21-16(13)25-14)22-7-5-6-11(3)8-22/h10-11H,5-9H2,1-4H3. The molecule has 2 aromatic heterocycles. The monoisotopic (exact) mass is 381 g/mol. The summed E-state index contributed by atoms with van der Waals surface area (Å²) < 4.78 is 5.41. The van der Waals surface area contributed by atoms with Crippen LogP contribution in [0.4, 0.5) is 5.82 Å². The molecule has 5 nitrogen and oxygen atoms in total. The van der Waals surface area contributed by atoms with E-state index in [1.807, 2.05) is 20.8 Å². The number of halogens is 1. The molecule has 1 aliphatic rings. The molecule has 136 valence electrons. The van der Waals surface area contributed by atoms with Crippen LogP contribution in [0.3, 0.4) is 0 Å². The van der Waals surface area contributed by atoms with Crippen LogP contribution in [-0.2, 0) is 4.74 Å². The molecular formula is C18H24ClN3O2S. The third-order valence-corrected chi connectivity index (χ3v) is 5.77. The van der Waals surface area contributed by atoms with Crippen LogP contribution < -0.4 is 4.90 Å². The molecule has 1 fully saturated rings. The number of ether oxygens (including phenoxy) is 1. The quantitative estimate of drug-likeness (QED) is 0.567. The number of piperidine rings is 1. The SMILES string of the molecule is Cc1c(C(=O)OCC(C)C)sc2nc(Cl)nc(N3CCCC(C)C3)c12. The zero-order valence-corrected chi connectivity index (χ0v) is 16.7. The van der Waals surface area contributed by atoms with Crippen molar-refractivity contribution in [1.82, 2.24) is 9.97 Å². The van der Waals surface area contributed by atoms with Gasteiger partial charge in [0.15, 0.2) is 0 Å². The van der Waals surface area contributed by atoms with Crippen molar-refractivity contribution >= 4 is 44.9 Å². The third-order valence-electron chi connectivity index (χ3n) is 4.43. The Morgan fingerprint density at radius 1 is 1.44 bits per heavy atom. The zero-order chi connectivity index (χ0) is 18.1. The van der Waals surface area contributed by atoms with Crippen molar-refractivity contribution in [1.29, 1.82) is 0 Å². The highest BCUT2D eigenvalue weighted by Crippen LogP contribution is 2.37. The Labute approximate surface area is 157 Å². The van der Waals surface area contributed by atoms with Crippen LogP contribution in [0.15, 0.2) is 0 Å². The molecule has 3 heterocycles. The normalized spacial score (nSPS) is 18.2. The second-order valence-corrected chi connectivity index (χ2v) is 8.58. The van der Waals surface area contributed by atoms with E-state index in [1.54, 1.807) is 0 Å². The maximum Gasteiger partial charge on any atom is 0.348 e. The minimum Gasteiger partial charge on any atom is -0.461 e. The summed E-state index contributed by atoms with van der Waals surface area (Å²) >= 11 is 7.50. The van der Waals surface area contributed by atoms with Gasteiger partial charge in [-0.1, -0.05) is 20.8 Å². The number of carbonyl (C=O) groups excluding carboxylic acids is 1. The highest BCUT2D eigenvalue weighted by Gasteiger charge is 2.26. The molecule has 0 radical (unpaired) electrons. The summed E-state index contributed by atoms with van der Waals surface area (Å²) in [5, 5.41) is 1.16. The fourth-order valence-corrected chi connectivity index (χ4v) is 4.49. The Kier molecular flexibility index (Phi) is 5.49. The molecule has 25 heavy (non-hydrogen) atoms. The smallest absolute Gasteiger partial charge is 0.348 e. The number of aromatic nitrogens is 2. The lowest BCUT2D eigenvalue weighted by Gasteiger charge is -2.32. The first-order valence-corrected chi connectivity index (χ1v) is 9.95. The molecule has 0 N–H and O–H groups in total. The molecule has 7 heteroatoms. The maximum atomic E-state index is 12.5. The van der Waals surface area contributed by atoms with Crippen molar-refractivity contribution in [2.24, 2.45) is 11.8 Å². The van der Waals surface area contributed by atoms with Crippen molar-refractivity contribution in [3.8, 4) is 0 Å². The number of rotatable bonds is 4. The highest BCUT2D eigenvalue weighted by molar-refractivity contribution is 7.20. The molecule has 0 bridgehead atoms. The van der Waals surface area contributed by atoms with Gasteiger partial charge in [0.05, 0.1) is 12.0 Å². The number of thiophene rings is 1. The van der Waals surface area contributed by atoms with Gasteiger partial charge in [0.1, 0.15) is 15.5 Å². The highest BCUT2D eigenvalue weighted by atomic mass is 35.5. The van der Waals surface area contributed by atoms with Crippen molar-refractivity contribution in [2.45, 2.75) is 40.5 Å². The lowest BCUT2D eigenvalue weighted by Crippen LogP contribution is -2.35. The molecule has 0 aromatic carbocycles. The van der Waals surface area contributed by atoms with Gasteiger partial charge < -0.3 is 9.64 Å². The predicted molar refractivity (Wildman–Crippen MR) is 103 cm³/mol. The third kappa shape index (κ3) is 3.90. The van der Waals surface area contributed by atoms with E-state index in [-0.39, 0.29) is 11.3 Å². The molecular weight excluding hydrogens is 358 g/mol. The fourth-order valence-electron chi connectivity index (χ4n) is 3.21. The molecule has 2 aromatic rings. The molecule has 1 atom stereocenters. The number of hydrogen-bond acceptors (Lipinski definition) is 6. The summed E-state index contributed by atoms with van der Waals surface area (Å²) in [4.78, 5) is 24.9. The largest absolute Gasteiger partial charge is 0.461 e. The number of nitrogens with zero attached hydrogens (tertiary/aromatic N) is 3. The number of aryl methyl sites for hydroxylation is 1. The lowest BCUT2D eigenvalue weighted by molar-refractivity contribution is 0.0464. The second-order valence-electron chi connectivity index (χ2n) is 7.24. The van der Waals surface area contributed by atoms with Crippen LogP contribution in [-0.4, -0.2) is 35.6 Å². The van der Waals surface area contributed by atoms with Crippen molar-refractivity contribution < 1.29 is 9.53 Å². The van der Waals surface area contributed by atoms with E-state index < -0.39 is 0 Å². The van der Waals surface area contributed by atoms with Gasteiger partial charge in [0.2, 0.25) is 5.28 Å². The zero-order valence-electron chi connectivity index (χ0n) is 15.1. The predicted octanol–water partition coefficient (Wildman–Crippen LogP) is 4.70. The summed E-state index contributed by atoms with van der Waals surface area (Å²) in [7, 11) is 0. The van der Waals surface area contributed by atoms with Crippen LogP contribution in [0.5, 0.6) is 0 Å². The molecule has 0 spiro atoms. The summed E-state index contributed by atoms with van der Waals surface area (Å²) in [5.74, 6) is 1.48. The Morgan fingerprint density at radius 3 is 2.88 bits per heavy atom. The van der Waals surface area contributed by atoms with E-state index in [1.165, 1.54) is 17.8 Å². The molecule has 0 saturated carbocycles. The second kappa shape index (κ2) is 7.46. The molecule has 0 aliphatic carbocycles. The molecule has 1 saturated heterocycles. The van der Waals surface area contributed by atoms with E-state index >= 15 is 0 Å². The average molecular weight is 382 g/mol. The van der Waals surface area contributed by atoms with E-state index in [4.69, 9.17) is 16.3 Å². The van der Waals surface area contributed by atoms with E-state index in [0.717, 1.165) is 41.1 Å². The van der Waals surface area contributed by atoms with Gasteiger partial charge in [-0.25, -0.2) is 9.78 Å². The van der Waals surface area contributed by atoms with Crippen molar-refractivity contribution in [3.05, 3.63) is 15.7 Å². The summed E-state index contributed by atoms with van der Waals surface area (Å²) in [6.45, 7) is 10.5. The van der Waals surface area contributed by atoms with Gasteiger partial charge in [-0.2, -0.15) is 4.98 Å². The van der Waals surface area contributed by atoms with Crippen molar-refractivity contribution in [3.63, 3.8) is 0 Å². The number of anilines is 1.